The molecule has 2 aromatic rings. The van der Waals surface area contributed by atoms with Crippen LogP contribution in [-0.4, -0.2) is 40.5 Å². The summed E-state index contributed by atoms with van der Waals surface area (Å²) in [6, 6.07) is 2.03. The SMILES string of the molecule is Cc1noc(C)c1CCCNC(=O)Cn1nccc1[C@H]1CCCNC1. The third kappa shape index (κ3) is 4.48. The van der Waals surface area contributed by atoms with Gasteiger partial charge >= 0.3 is 0 Å². The third-order valence-corrected chi connectivity index (χ3v) is 4.86. The summed E-state index contributed by atoms with van der Waals surface area (Å²) < 4.78 is 6.99. The van der Waals surface area contributed by atoms with Gasteiger partial charge in [0.05, 0.1) is 5.69 Å². The van der Waals surface area contributed by atoms with Crippen molar-refractivity contribution in [3.8, 4) is 0 Å². The second kappa shape index (κ2) is 8.29. The zero-order valence-corrected chi connectivity index (χ0v) is 15.0. The molecule has 0 aliphatic carbocycles. The van der Waals surface area contributed by atoms with Gasteiger partial charge in [0.1, 0.15) is 12.3 Å². The number of nitrogens with zero attached hydrogens (tertiary/aromatic N) is 3. The van der Waals surface area contributed by atoms with Crippen LogP contribution in [0, 0.1) is 13.8 Å². The van der Waals surface area contributed by atoms with Crippen LogP contribution in [0.3, 0.4) is 0 Å². The molecule has 0 spiro atoms. The molecule has 7 heteroatoms. The molecule has 1 aliphatic heterocycles. The Labute approximate surface area is 148 Å². The summed E-state index contributed by atoms with van der Waals surface area (Å²) in [6.45, 7) is 6.84. The average Bonchev–Trinajstić information content (AvgIpc) is 3.20. The maximum atomic E-state index is 12.2. The van der Waals surface area contributed by atoms with Crippen LogP contribution in [0.15, 0.2) is 16.8 Å². The number of hydrogen-bond acceptors (Lipinski definition) is 5. The number of carbonyl (C=O) groups excluding carboxylic acids is 1. The Hall–Kier alpha value is -2.15. The minimum absolute atomic E-state index is 0.00693. The van der Waals surface area contributed by atoms with Crippen molar-refractivity contribution in [2.45, 2.75) is 52.0 Å². The standard InChI is InChI=1S/C18H27N5O2/c1-13-16(14(2)25-22-13)6-4-9-20-18(24)12-23-17(7-10-21-23)15-5-3-8-19-11-15/h7,10,15,19H,3-6,8-9,11-12H2,1-2H3,(H,20,24)/t15-/m0/s1. The monoisotopic (exact) mass is 345 g/mol. The van der Waals surface area contributed by atoms with Crippen molar-refractivity contribution >= 4 is 5.91 Å². The first kappa shape index (κ1) is 17.7. The molecule has 0 saturated carbocycles. The van der Waals surface area contributed by atoms with E-state index in [1.807, 2.05) is 24.6 Å². The second-order valence-corrected chi connectivity index (χ2v) is 6.71. The van der Waals surface area contributed by atoms with Crippen molar-refractivity contribution in [3.63, 3.8) is 0 Å². The number of nitrogens with one attached hydrogen (secondary N) is 2. The Morgan fingerprint density at radius 2 is 2.36 bits per heavy atom. The first-order valence-corrected chi connectivity index (χ1v) is 9.06. The van der Waals surface area contributed by atoms with Crippen LogP contribution >= 0.6 is 0 Å². The van der Waals surface area contributed by atoms with Gasteiger partial charge in [0.25, 0.3) is 0 Å². The van der Waals surface area contributed by atoms with Crippen molar-refractivity contribution in [2.24, 2.45) is 0 Å². The highest BCUT2D eigenvalue weighted by Crippen LogP contribution is 2.22. The highest BCUT2D eigenvalue weighted by molar-refractivity contribution is 5.75. The third-order valence-electron chi connectivity index (χ3n) is 4.86. The molecule has 0 unspecified atom stereocenters. The van der Waals surface area contributed by atoms with Gasteiger partial charge in [-0.15, -0.1) is 0 Å². The number of carbonyl (C=O) groups is 1. The molecule has 0 aromatic carbocycles. The normalized spacial score (nSPS) is 17.6. The molecular formula is C18H27N5O2. The van der Waals surface area contributed by atoms with Gasteiger partial charge in [-0.05, 0) is 52.1 Å². The molecule has 1 fully saturated rings. The van der Waals surface area contributed by atoms with Gasteiger partial charge in [0.15, 0.2) is 0 Å². The van der Waals surface area contributed by atoms with Crippen molar-refractivity contribution in [1.82, 2.24) is 25.6 Å². The Kier molecular flexibility index (Phi) is 5.86. The summed E-state index contributed by atoms with van der Waals surface area (Å²) >= 11 is 0. The van der Waals surface area contributed by atoms with Gasteiger partial charge in [0.2, 0.25) is 5.91 Å². The summed E-state index contributed by atoms with van der Waals surface area (Å²) in [6.07, 6.45) is 5.84. The number of aryl methyl sites for hydroxylation is 2. The molecule has 3 rings (SSSR count). The summed E-state index contributed by atoms with van der Waals surface area (Å²) in [5, 5.41) is 14.7. The van der Waals surface area contributed by atoms with Crippen LogP contribution in [0.1, 0.15) is 47.9 Å². The average molecular weight is 345 g/mol. The molecular weight excluding hydrogens is 318 g/mol. The fraction of sp³-hybridized carbons (Fsp3) is 0.611. The van der Waals surface area contributed by atoms with Gasteiger partial charge in [-0.25, -0.2) is 0 Å². The van der Waals surface area contributed by atoms with Gasteiger partial charge < -0.3 is 15.2 Å². The minimum atomic E-state index is 0.00693. The van der Waals surface area contributed by atoms with Crippen LogP contribution in [0.5, 0.6) is 0 Å². The number of hydrogen-bond donors (Lipinski definition) is 2. The molecule has 3 heterocycles. The van der Waals surface area contributed by atoms with E-state index in [1.54, 1.807) is 6.20 Å². The zero-order valence-electron chi connectivity index (χ0n) is 15.0. The van der Waals surface area contributed by atoms with E-state index < -0.39 is 0 Å². The molecule has 7 nitrogen and oxygen atoms in total. The van der Waals surface area contributed by atoms with Crippen LogP contribution in [0.2, 0.25) is 0 Å². The van der Waals surface area contributed by atoms with E-state index in [0.717, 1.165) is 55.1 Å². The maximum absolute atomic E-state index is 12.2. The Morgan fingerprint density at radius 1 is 1.48 bits per heavy atom. The summed E-state index contributed by atoms with van der Waals surface area (Å²) in [7, 11) is 0. The molecule has 2 N–H and O–H groups in total. The lowest BCUT2D eigenvalue weighted by atomic mass is 9.96. The molecule has 1 saturated heterocycles. The Morgan fingerprint density at radius 3 is 3.08 bits per heavy atom. The molecule has 1 aliphatic rings. The number of rotatable bonds is 7. The van der Waals surface area contributed by atoms with Crippen LogP contribution < -0.4 is 10.6 Å². The lowest BCUT2D eigenvalue weighted by Crippen LogP contribution is -2.32. The quantitative estimate of drug-likeness (QED) is 0.746. The number of piperidine rings is 1. The highest BCUT2D eigenvalue weighted by atomic mass is 16.5. The summed E-state index contributed by atoms with van der Waals surface area (Å²) in [5.41, 5.74) is 3.23. The number of amides is 1. The van der Waals surface area contributed by atoms with E-state index in [9.17, 15) is 4.79 Å². The first-order valence-electron chi connectivity index (χ1n) is 9.06. The van der Waals surface area contributed by atoms with Crippen molar-refractivity contribution in [2.75, 3.05) is 19.6 Å². The molecule has 136 valence electrons. The zero-order chi connectivity index (χ0) is 17.6. The van der Waals surface area contributed by atoms with Crippen molar-refractivity contribution < 1.29 is 9.32 Å². The fourth-order valence-corrected chi connectivity index (χ4v) is 3.47. The van der Waals surface area contributed by atoms with Crippen LogP contribution in [0.25, 0.3) is 0 Å². The summed E-state index contributed by atoms with van der Waals surface area (Å²) in [4.78, 5) is 12.2. The Bertz CT molecular complexity index is 681. The number of aromatic nitrogens is 3. The maximum Gasteiger partial charge on any atom is 0.241 e. The first-order chi connectivity index (χ1) is 12.1. The molecule has 1 atom stereocenters. The van der Waals surface area contributed by atoms with Gasteiger partial charge in [0, 0.05) is 36.5 Å². The molecule has 0 radical (unpaired) electrons. The topological polar surface area (TPSA) is 85.0 Å². The largest absolute Gasteiger partial charge is 0.361 e. The molecule has 2 aromatic heterocycles. The van der Waals surface area contributed by atoms with E-state index in [0.29, 0.717) is 12.5 Å². The van der Waals surface area contributed by atoms with Crippen molar-refractivity contribution in [1.29, 1.82) is 0 Å². The predicted octanol–water partition coefficient (Wildman–Crippen LogP) is 1.70. The Balaban J connectivity index is 1.44. The highest BCUT2D eigenvalue weighted by Gasteiger charge is 2.19. The van der Waals surface area contributed by atoms with Gasteiger partial charge in [-0.3, -0.25) is 9.48 Å². The molecule has 25 heavy (non-hydrogen) atoms. The van der Waals surface area contributed by atoms with Crippen LogP contribution in [0.4, 0.5) is 0 Å². The van der Waals surface area contributed by atoms with E-state index in [2.05, 4.69) is 20.9 Å². The van der Waals surface area contributed by atoms with Crippen LogP contribution in [-0.2, 0) is 17.8 Å². The van der Waals surface area contributed by atoms with E-state index in [-0.39, 0.29) is 12.5 Å². The van der Waals surface area contributed by atoms with Gasteiger partial charge in [-0.1, -0.05) is 5.16 Å². The smallest absolute Gasteiger partial charge is 0.241 e. The fourth-order valence-electron chi connectivity index (χ4n) is 3.47. The lowest BCUT2D eigenvalue weighted by Gasteiger charge is -2.23. The lowest BCUT2D eigenvalue weighted by molar-refractivity contribution is -0.121. The predicted molar refractivity (Wildman–Crippen MR) is 94.4 cm³/mol. The van der Waals surface area contributed by atoms with Gasteiger partial charge in [-0.2, -0.15) is 5.10 Å². The molecule has 0 bridgehead atoms. The minimum Gasteiger partial charge on any atom is -0.361 e. The van der Waals surface area contributed by atoms with E-state index >= 15 is 0 Å². The van der Waals surface area contributed by atoms with E-state index in [4.69, 9.17) is 4.52 Å². The van der Waals surface area contributed by atoms with E-state index in [1.165, 1.54) is 6.42 Å². The second-order valence-electron chi connectivity index (χ2n) is 6.71. The summed E-state index contributed by atoms with van der Waals surface area (Å²) in [5.74, 6) is 1.32. The van der Waals surface area contributed by atoms with Crippen molar-refractivity contribution in [3.05, 3.63) is 35.0 Å². The molecule has 1 amide bonds.